The summed E-state index contributed by atoms with van der Waals surface area (Å²) in [5.41, 5.74) is 8.84. The zero-order valence-electron chi connectivity index (χ0n) is 26.2. The molecule has 4 aromatic rings. The molecule has 4 heterocycles. The van der Waals surface area contributed by atoms with Gasteiger partial charge in [-0.3, -0.25) is 24.0 Å². The van der Waals surface area contributed by atoms with Crippen molar-refractivity contribution in [2.24, 2.45) is 10.9 Å². The molecule has 0 aliphatic heterocycles. The van der Waals surface area contributed by atoms with Crippen LogP contribution in [-0.4, -0.2) is 72.0 Å². The molecule has 0 spiro atoms. The molecule has 0 unspecified atom stereocenters. The van der Waals surface area contributed by atoms with Crippen LogP contribution in [0.15, 0.2) is 34.8 Å². The van der Waals surface area contributed by atoms with Crippen LogP contribution in [0.1, 0.15) is 70.9 Å². The molecule has 0 saturated carbocycles. The number of halogens is 1. The predicted molar refractivity (Wildman–Crippen MR) is 181 cm³/mol. The number of nitrogens with zero attached hydrogens (tertiary/aromatic N) is 2. The maximum atomic E-state index is 13.2. The van der Waals surface area contributed by atoms with E-state index in [0.29, 0.717) is 39.4 Å². The van der Waals surface area contributed by atoms with Gasteiger partial charge in [0.1, 0.15) is 22.9 Å². The zero-order chi connectivity index (χ0) is 35.3. The minimum atomic E-state index is -0.568. The molecule has 12 N–H and O–H groups in total. The molecule has 0 aromatic carbocycles. The minimum Gasteiger partial charge on any atom is -0.409 e. The lowest BCUT2D eigenvalue weighted by atomic mass is 10.2. The second-order valence-corrected chi connectivity index (χ2v) is 11.4. The molecule has 0 radical (unpaired) electrons. The van der Waals surface area contributed by atoms with Crippen molar-refractivity contribution >= 4 is 74.2 Å². The zero-order valence-corrected chi connectivity index (χ0v) is 27.8. The topological polar surface area (TPSA) is 280 Å². The fraction of sp³-hybridized carbons (Fsp3) is 0.207. The maximum absolute atomic E-state index is 13.2. The lowest BCUT2D eigenvalue weighted by Gasteiger charge is -2.07. The van der Waals surface area contributed by atoms with Crippen LogP contribution < -0.4 is 32.3 Å². The number of carbonyl (C=O) groups excluding carboxylic acids is 5. The van der Waals surface area contributed by atoms with E-state index in [1.165, 1.54) is 18.6 Å². The van der Waals surface area contributed by atoms with E-state index in [1.54, 1.807) is 27.7 Å². The molecule has 0 aliphatic carbocycles. The quantitative estimate of drug-likeness (QED) is 0.0339. The number of amides is 5. The Kier molecular flexibility index (Phi) is 10.5. The van der Waals surface area contributed by atoms with Crippen molar-refractivity contribution in [1.29, 1.82) is 0 Å². The molecule has 0 saturated heterocycles. The normalized spacial score (nSPS) is 11.1. The first-order valence-corrected chi connectivity index (χ1v) is 15.0. The molecular weight excluding hydrogens is 692 g/mol. The van der Waals surface area contributed by atoms with Gasteiger partial charge in [-0.1, -0.05) is 11.7 Å². The highest BCUT2D eigenvalue weighted by atomic mass is 79.9. The number of oxime groups is 1. The number of amidine groups is 1. The van der Waals surface area contributed by atoms with Crippen molar-refractivity contribution in [3.8, 4) is 0 Å². The summed E-state index contributed by atoms with van der Waals surface area (Å²) < 4.78 is 0.133. The summed E-state index contributed by atoms with van der Waals surface area (Å²) in [6.45, 7) is 10.2. The van der Waals surface area contributed by atoms with Crippen LogP contribution in [0.4, 0.5) is 22.9 Å². The average molecular weight is 726 g/mol. The van der Waals surface area contributed by atoms with Gasteiger partial charge in [0.15, 0.2) is 11.6 Å². The first-order valence-electron chi connectivity index (χ1n) is 14.2. The van der Waals surface area contributed by atoms with Gasteiger partial charge in [0.2, 0.25) is 0 Å². The SMILES string of the molecule is C=C(Br)C(=O)Nc1c[nH]c(C(=O)Nc2c[nH]c(C(=O)Nc3c[nH]c(C(=O)Nc4nc(C(=O)NCCC(N)=NO)[nH]c4C)c3C)c2C)c1C. The average Bonchev–Trinajstić information content (AvgIpc) is 3.80. The third-order valence-corrected chi connectivity index (χ3v) is 7.58. The number of aromatic nitrogens is 5. The Labute approximate surface area is 280 Å². The van der Waals surface area contributed by atoms with Gasteiger partial charge in [-0.05, 0) is 43.6 Å². The number of nitrogens with two attached hydrogens (primary N) is 1. The Morgan fingerprint density at radius 3 is 1.73 bits per heavy atom. The Bertz CT molecular complexity index is 1960. The van der Waals surface area contributed by atoms with Crippen molar-refractivity contribution in [2.45, 2.75) is 34.1 Å². The molecular formula is C29H33BrN12O6. The van der Waals surface area contributed by atoms with Crippen LogP contribution in [0.5, 0.6) is 0 Å². The Balaban J connectivity index is 1.38. The van der Waals surface area contributed by atoms with E-state index in [-0.39, 0.29) is 52.0 Å². The number of anilines is 4. The molecule has 4 rings (SSSR count). The summed E-state index contributed by atoms with van der Waals surface area (Å²) in [7, 11) is 0. The van der Waals surface area contributed by atoms with Crippen LogP contribution >= 0.6 is 15.9 Å². The molecule has 0 fully saturated rings. The fourth-order valence-corrected chi connectivity index (χ4v) is 4.54. The number of aromatic amines is 4. The molecule has 252 valence electrons. The van der Waals surface area contributed by atoms with Gasteiger partial charge in [0.25, 0.3) is 29.5 Å². The van der Waals surface area contributed by atoms with E-state index < -0.39 is 29.5 Å². The Morgan fingerprint density at radius 1 is 0.812 bits per heavy atom. The second kappa shape index (κ2) is 14.5. The third-order valence-electron chi connectivity index (χ3n) is 7.22. The van der Waals surface area contributed by atoms with Crippen LogP contribution in [0, 0.1) is 27.7 Å². The number of H-pyrrole nitrogens is 4. The van der Waals surface area contributed by atoms with Gasteiger partial charge in [-0.2, -0.15) is 0 Å². The number of carbonyl (C=O) groups is 5. The number of aryl methyl sites for hydroxylation is 1. The molecule has 48 heavy (non-hydrogen) atoms. The Morgan fingerprint density at radius 2 is 1.27 bits per heavy atom. The van der Waals surface area contributed by atoms with Crippen molar-refractivity contribution in [3.63, 3.8) is 0 Å². The van der Waals surface area contributed by atoms with E-state index in [2.05, 4.69) is 79.2 Å². The van der Waals surface area contributed by atoms with Crippen molar-refractivity contribution < 1.29 is 29.2 Å². The van der Waals surface area contributed by atoms with Crippen LogP contribution in [0.25, 0.3) is 0 Å². The van der Waals surface area contributed by atoms with E-state index >= 15 is 0 Å². The smallest absolute Gasteiger partial charge is 0.287 e. The van der Waals surface area contributed by atoms with Gasteiger partial charge in [-0.15, -0.1) is 0 Å². The summed E-state index contributed by atoms with van der Waals surface area (Å²) in [5.74, 6) is -2.56. The largest absolute Gasteiger partial charge is 0.409 e. The lowest BCUT2D eigenvalue weighted by molar-refractivity contribution is -0.112. The first kappa shape index (κ1) is 34.8. The lowest BCUT2D eigenvalue weighted by Crippen LogP contribution is -2.28. The number of hydrogen-bond donors (Lipinski definition) is 11. The van der Waals surface area contributed by atoms with Gasteiger partial charge in [0, 0.05) is 48.2 Å². The highest BCUT2D eigenvalue weighted by Gasteiger charge is 2.23. The van der Waals surface area contributed by atoms with Crippen molar-refractivity contribution in [2.75, 3.05) is 27.8 Å². The molecule has 0 bridgehead atoms. The monoisotopic (exact) mass is 724 g/mol. The molecule has 0 atom stereocenters. The van der Waals surface area contributed by atoms with Crippen LogP contribution in [-0.2, 0) is 4.79 Å². The summed E-state index contributed by atoms with van der Waals surface area (Å²) in [6, 6.07) is 0. The number of nitrogens with one attached hydrogen (secondary N) is 9. The molecule has 18 nitrogen and oxygen atoms in total. The van der Waals surface area contributed by atoms with E-state index in [0.717, 1.165) is 0 Å². The fourth-order valence-electron chi connectivity index (χ4n) is 4.44. The minimum absolute atomic E-state index is 0.0440. The molecule has 19 heteroatoms. The standard InChI is InChI=1S/C29H33BrN12O6/c1-11-16(37-25(43)14(4)30)8-33-20(11)26(44)38-17-9-34-21(12(17)2)27(45)39-18-10-35-22(13(18)3)28(46)41-23-15(5)36-24(40-23)29(47)32-7-6-19(31)42-48/h8-10,33-35,48H,4,6-7H2,1-3,5H3,(H2,31,42)(H,32,47)(H,36,40)(H,37,43)(H,38,44)(H,39,45)(H,41,46). The Hall–Kier alpha value is -6.11. The summed E-state index contributed by atoms with van der Waals surface area (Å²) in [6.07, 6.45) is 4.54. The van der Waals surface area contributed by atoms with Crippen LogP contribution in [0.3, 0.4) is 0 Å². The third kappa shape index (κ3) is 7.64. The molecule has 4 aromatic heterocycles. The van der Waals surface area contributed by atoms with E-state index in [1.807, 2.05) is 0 Å². The second-order valence-electron chi connectivity index (χ2n) is 10.5. The summed E-state index contributed by atoms with van der Waals surface area (Å²) in [4.78, 5) is 79.0. The summed E-state index contributed by atoms with van der Waals surface area (Å²) >= 11 is 3.01. The number of rotatable bonds is 12. The van der Waals surface area contributed by atoms with Crippen molar-refractivity contribution in [3.05, 3.63) is 74.9 Å². The molecule has 5 amide bonds. The van der Waals surface area contributed by atoms with E-state index in [4.69, 9.17) is 10.9 Å². The van der Waals surface area contributed by atoms with E-state index in [9.17, 15) is 24.0 Å². The van der Waals surface area contributed by atoms with Crippen molar-refractivity contribution in [1.82, 2.24) is 30.2 Å². The van der Waals surface area contributed by atoms with Gasteiger partial charge < -0.3 is 57.5 Å². The first-order chi connectivity index (χ1) is 22.7. The number of hydrogen-bond acceptors (Lipinski definition) is 8. The molecule has 0 aliphatic rings. The van der Waals surface area contributed by atoms with Gasteiger partial charge in [-0.25, -0.2) is 4.98 Å². The van der Waals surface area contributed by atoms with Gasteiger partial charge in [0.05, 0.1) is 27.2 Å². The maximum Gasteiger partial charge on any atom is 0.287 e. The van der Waals surface area contributed by atoms with Gasteiger partial charge >= 0.3 is 0 Å². The number of imidazole rings is 1. The predicted octanol–water partition coefficient (Wildman–Crippen LogP) is 3.10. The summed E-state index contributed by atoms with van der Waals surface area (Å²) in [5, 5.41) is 24.8. The highest BCUT2D eigenvalue weighted by molar-refractivity contribution is 9.12. The highest BCUT2D eigenvalue weighted by Crippen LogP contribution is 2.25. The van der Waals surface area contributed by atoms with Crippen LogP contribution in [0.2, 0.25) is 0 Å².